The fourth-order valence-electron chi connectivity index (χ4n) is 3.56. The highest BCUT2D eigenvalue weighted by Crippen LogP contribution is 2.32. The van der Waals surface area contributed by atoms with E-state index in [0.29, 0.717) is 4.47 Å². The summed E-state index contributed by atoms with van der Waals surface area (Å²) in [6.45, 7) is 0. The maximum absolute atomic E-state index is 13.8. The van der Waals surface area contributed by atoms with E-state index in [4.69, 9.17) is 4.74 Å². The summed E-state index contributed by atoms with van der Waals surface area (Å²) < 4.78 is 20.5. The molecule has 2 atom stereocenters. The zero-order valence-corrected chi connectivity index (χ0v) is 19.2. The molecule has 0 fully saturated rings. The lowest BCUT2D eigenvalue weighted by Crippen LogP contribution is -2.89. The van der Waals surface area contributed by atoms with Crippen LogP contribution in [-0.2, 0) is 0 Å². The number of nitrogens with two attached hydrogens (primary N) is 1. The molecule has 4 rings (SSSR count). The van der Waals surface area contributed by atoms with Crippen molar-refractivity contribution >= 4 is 37.6 Å². The molecular formula is C23H20Br2FN2O2+. The molecule has 1 heterocycles. The Bertz CT molecular complexity index is 1120. The molecule has 3 aromatic rings. The van der Waals surface area contributed by atoms with E-state index in [-0.39, 0.29) is 23.8 Å². The predicted molar refractivity (Wildman–Crippen MR) is 121 cm³/mol. The van der Waals surface area contributed by atoms with E-state index in [9.17, 15) is 9.50 Å². The Balaban J connectivity index is 1.79. The third-order valence-corrected chi connectivity index (χ3v) is 6.19. The van der Waals surface area contributed by atoms with Gasteiger partial charge in [-0.15, -0.1) is 0 Å². The van der Waals surface area contributed by atoms with Gasteiger partial charge in [-0.05, 0) is 64.5 Å². The number of phenolic OH excluding ortho intramolecular Hbond substituents is 1. The zero-order chi connectivity index (χ0) is 21.3. The molecule has 30 heavy (non-hydrogen) atoms. The number of methoxy groups -OCH3 is 1. The summed E-state index contributed by atoms with van der Waals surface area (Å²) in [6, 6.07) is 18.0. The smallest absolute Gasteiger partial charge is 0.186 e. The number of ether oxygens (including phenoxy) is 1. The number of aromatic hydroxyl groups is 1. The Hall–Kier alpha value is -2.35. The Labute approximate surface area is 191 Å². The minimum Gasteiger partial charge on any atom is -0.507 e. The van der Waals surface area contributed by atoms with Crippen LogP contribution in [0.1, 0.15) is 28.9 Å². The Kier molecular flexibility index (Phi) is 6.13. The molecule has 4 N–H and O–H groups in total. The van der Waals surface area contributed by atoms with Crippen LogP contribution in [-0.4, -0.2) is 12.2 Å². The molecular weight excluding hydrogens is 515 g/mol. The van der Waals surface area contributed by atoms with Crippen molar-refractivity contribution in [3.63, 3.8) is 0 Å². The molecule has 3 aromatic carbocycles. The van der Waals surface area contributed by atoms with Gasteiger partial charge in [-0.1, -0.05) is 28.1 Å². The first-order valence-corrected chi connectivity index (χ1v) is 10.9. The summed E-state index contributed by atoms with van der Waals surface area (Å²) in [5.74, 6) is 0.675. The van der Waals surface area contributed by atoms with Gasteiger partial charge in [0.25, 0.3) is 0 Å². The van der Waals surface area contributed by atoms with Crippen molar-refractivity contribution in [3.05, 3.63) is 98.2 Å². The molecule has 0 spiro atoms. The van der Waals surface area contributed by atoms with Crippen molar-refractivity contribution in [1.29, 1.82) is 0 Å². The van der Waals surface area contributed by atoms with Crippen LogP contribution in [0.15, 0.2) is 75.7 Å². The summed E-state index contributed by atoms with van der Waals surface area (Å²) in [4.78, 5) is 0. The SMILES string of the molecule is COc1cccc(C2=CC(c3cc(Br)ccc3O)[NH2+]C(c3ccc(F)c(Br)c3)N2)c1. The number of phenols is 1. The van der Waals surface area contributed by atoms with Crippen LogP contribution in [0.3, 0.4) is 0 Å². The third kappa shape index (κ3) is 4.38. The average molecular weight is 535 g/mol. The number of benzene rings is 3. The van der Waals surface area contributed by atoms with Gasteiger partial charge in [-0.3, -0.25) is 0 Å². The van der Waals surface area contributed by atoms with Crippen LogP contribution in [0.4, 0.5) is 4.39 Å². The average Bonchev–Trinajstić information content (AvgIpc) is 2.77. The van der Waals surface area contributed by atoms with E-state index in [0.717, 1.165) is 32.6 Å². The second kappa shape index (κ2) is 8.79. The second-order valence-electron chi connectivity index (χ2n) is 7.03. The van der Waals surface area contributed by atoms with Gasteiger partial charge >= 0.3 is 0 Å². The normalized spacial score (nSPS) is 18.5. The number of halogens is 3. The predicted octanol–water partition coefficient (Wildman–Crippen LogP) is 5.01. The molecule has 4 nitrogen and oxygen atoms in total. The van der Waals surface area contributed by atoms with E-state index >= 15 is 0 Å². The topological polar surface area (TPSA) is 58.1 Å². The monoisotopic (exact) mass is 533 g/mol. The summed E-state index contributed by atoms with van der Waals surface area (Å²) in [5.41, 5.74) is 3.58. The Morgan fingerprint density at radius 1 is 1.07 bits per heavy atom. The molecule has 0 saturated carbocycles. The van der Waals surface area contributed by atoms with E-state index in [1.54, 1.807) is 31.4 Å². The van der Waals surface area contributed by atoms with E-state index in [2.05, 4.69) is 48.6 Å². The standard InChI is InChI=1S/C23H19Br2FN2O2/c1-30-16-4-2-3-13(9-16)20-12-21(17-11-15(24)6-8-22(17)29)28-23(27-20)14-5-7-19(26)18(25)10-14/h2-12,21,23,27-29H,1H3/p+1. The maximum atomic E-state index is 13.8. The van der Waals surface area contributed by atoms with Gasteiger partial charge in [0.05, 0.1) is 17.1 Å². The van der Waals surface area contributed by atoms with Crippen molar-refractivity contribution in [1.82, 2.24) is 5.32 Å². The van der Waals surface area contributed by atoms with Crippen LogP contribution in [0.25, 0.3) is 5.70 Å². The van der Waals surface area contributed by atoms with Crippen LogP contribution in [0.5, 0.6) is 11.5 Å². The molecule has 0 aliphatic carbocycles. The van der Waals surface area contributed by atoms with Crippen LogP contribution in [0.2, 0.25) is 0 Å². The lowest BCUT2D eigenvalue weighted by molar-refractivity contribution is -0.731. The summed E-state index contributed by atoms with van der Waals surface area (Å²) in [6.07, 6.45) is 1.89. The molecule has 0 saturated heterocycles. The lowest BCUT2D eigenvalue weighted by atomic mass is 9.98. The summed E-state index contributed by atoms with van der Waals surface area (Å²) >= 11 is 6.77. The van der Waals surface area contributed by atoms with Crippen molar-refractivity contribution in [2.75, 3.05) is 7.11 Å². The molecule has 1 aliphatic heterocycles. The molecule has 2 unspecified atom stereocenters. The first kappa shape index (κ1) is 20.9. The summed E-state index contributed by atoms with van der Waals surface area (Å²) in [5, 5.41) is 16.1. The molecule has 0 aromatic heterocycles. The van der Waals surface area contributed by atoms with Crippen molar-refractivity contribution in [2.24, 2.45) is 0 Å². The quantitative estimate of drug-likeness (QED) is 0.441. The van der Waals surface area contributed by atoms with Crippen molar-refractivity contribution in [2.45, 2.75) is 12.2 Å². The Morgan fingerprint density at radius 2 is 1.90 bits per heavy atom. The van der Waals surface area contributed by atoms with Gasteiger partial charge in [-0.25, -0.2) is 4.39 Å². The molecule has 0 radical (unpaired) electrons. The van der Waals surface area contributed by atoms with Gasteiger partial charge in [0.15, 0.2) is 6.17 Å². The number of rotatable bonds is 4. The van der Waals surface area contributed by atoms with Crippen molar-refractivity contribution < 1.29 is 19.6 Å². The van der Waals surface area contributed by atoms with Crippen LogP contribution < -0.4 is 15.4 Å². The first-order chi connectivity index (χ1) is 14.4. The van der Waals surface area contributed by atoms with Crippen LogP contribution in [0, 0.1) is 5.82 Å². The molecule has 7 heteroatoms. The Morgan fingerprint density at radius 3 is 2.67 bits per heavy atom. The van der Waals surface area contributed by atoms with E-state index in [1.807, 2.05) is 30.3 Å². The fraction of sp³-hybridized carbons (Fsp3) is 0.130. The highest BCUT2D eigenvalue weighted by atomic mass is 79.9. The minimum atomic E-state index is -0.306. The third-order valence-electron chi connectivity index (χ3n) is 5.09. The largest absolute Gasteiger partial charge is 0.507 e. The fourth-order valence-corrected chi connectivity index (χ4v) is 4.34. The molecule has 0 amide bonds. The lowest BCUT2D eigenvalue weighted by Gasteiger charge is -2.30. The van der Waals surface area contributed by atoms with Crippen LogP contribution >= 0.6 is 31.9 Å². The molecule has 0 bridgehead atoms. The van der Waals surface area contributed by atoms with Crippen molar-refractivity contribution in [3.8, 4) is 11.5 Å². The van der Waals surface area contributed by atoms with Gasteiger partial charge in [0.2, 0.25) is 0 Å². The van der Waals surface area contributed by atoms with Gasteiger partial charge < -0.3 is 20.5 Å². The second-order valence-corrected chi connectivity index (χ2v) is 8.80. The molecule has 1 aliphatic rings. The highest BCUT2D eigenvalue weighted by Gasteiger charge is 2.30. The maximum Gasteiger partial charge on any atom is 0.186 e. The number of quaternary nitrogens is 1. The van der Waals surface area contributed by atoms with Gasteiger partial charge in [0, 0.05) is 27.4 Å². The van der Waals surface area contributed by atoms with Gasteiger partial charge in [0.1, 0.15) is 23.4 Å². The van der Waals surface area contributed by atoms with E-state index in [1.165, 1.54) is 6.07 Å². The number of nitrogens with one attached hydrogen (secondary N) is 1. The first-order valence-electron chi connectivity index (χ1n) is 9.36. The zero-order valence-electron chi connectivity index (χ0n) is 16.1. The highest BCUT2D eigenvalue weighted by molar-refractivity contribution is 9.10. The van der Waals surface area contributed by atoms with E-state index < -0.39 is 0 Å². The minimum absolute atomic E-state index is 0.154. The van der Waals surface area contributed by atoms with Gasteiger partial charge in [-0.2, -0.15) is 0 Å². The molecule has 154 valence electrons. The number of hydrogen-bond acceptors (Lipinski definition) is 3. The number of hydrogen-bond donors (Lipinski definition) is 3. The summed E-state index contributed by atoms with van der Waals surface area (Å²) in [7, 11) is 1.64.